The van der Waals surface area contributed by atoms with Crippen LogP contribution in [0.1, 0.15) is 24.8 Å². The molecule has 2 heterocycles. The summed E-state index contributed by atoms with van der Waals surface area (Å²) < 4.78 is 0. The number of carbonyl (C=O) groups is 2. The number of hydrogen-bond donors (Lipinski definition) is 2. The highest BCUT2D eigenvalue weighted by atomic mass is 16.2. The Labute approximate surface area is 137 Å². The lowest BCUT2D eigenvalue weighted by molar-refractivity contribution is -0.135. The highest BCUT2D eigenvalue weighted by molar-refractivity contribution is 5.97. The Morgan fingerprint density at radius 2 is 1.74 bits per heavy atom. The third-order valence-corrected chi connectivity index (χ3v) is 4.85. The van der Waals surface area contributed by atoms with Gasteiger partial charge in [0, 0.05) is 19.0 Å². The lowest BCUT2D eigenvalue weighted by Gasteiger charge is -2.22. The monoisotopic (exact) mass is 315 g/mol. The molecule has 0 saturated carbocycles. The fraction of sp³-hybridized carbons (Fsp3) is 0.556. The molecule has 1 aromatic carbocycles. The summed E-state index contributed by atoms with van der Waals surface area (Å²) in [6.07, 6.45) is 2.48. The van der Waals surface area contributed by atoms with Crippen LogP contribution in [0, 0.1) is 11.8 Å². The number of likely N-dealkylation sites (tertiary alicyclic amines) is 1. The molecule has 2 amide bonds. The number of rotatable bonds is 4. The van der Waals surface area contributed by atoms with Crippen LogP contribution in [0.2, 0.25) is 0 Å². The van der Waals surface area contributed by atoms with Crippen molar-refractivity contribution in [3.8, 4) is 0 Å². The smallest absolute Gasteiger partial charge is 0.231 e. The van der Waals surface area contributed by atoms with E-state index in [2.05, 4.69) is 27.7 Å². The maximum atomic E-state index is 12.3. The van der Waals surface area contributed by atoms with Crippen LogP contribution in [-0.2, 0) is 16.1 Å². The summed E-state index contributed by atoms with van der Waals surface area (Å²) in [4.78, 5) is 26.8. The van der Waals surface area contributed by atoms with Crippen molar-refractivity contribution < 1.29 is 9.59 Å². The molecule has 1 unspecified atom stereocenters. The van der Waals surface area contributed by atoms with Crippen molar-refractivity contribution in [3.63, 3.8) is 0 Å². The third-order valence-electron chi connectivity index (χ3n) is 4.85. The van der Waals surface area contributed by atoms with Crippen molar-refractivity contribution in [1.29, 1.82) is 0 Å². The van der Waals surface area contributed by atoms with E-state index >= 15 is 0 Å². The number of nitrogens with one attached hydrogen (secondary N) is 2. The van der Waals surface area contributed by atoms with Crippen LogP contribution in [0.15, 0.2) is 30.3 Å². The van der Waals surface area contributed by atoms with Gasteiger partial charge in [0.1, 0.15) is 0 Å². The second-order valence-electron chi connectivity index (χ2n) is 6.58. The minimum atomic E-state index is -0.0934. The Hall–Kier alpha value is -1.72. The highest BCUT2D eigenvalue weighted by Gasteiger charge is 2.31. The van der Waals surface area contributed by atoms with Gasteiger partial charge in [-0.25, -0.2) is 0 Å². The summed E-state index contributed by atoms with van der Waals surface area (Å²) in [5.74, 6) is -0.256. The van der Waals surface area contributed by atoms with Gasteiger partial charge in [-0.1, -0.05) is 30.3 Å². The number of carbonyl (C=O) groups excluding carboxylic acids is 2. The van der Waals surface area contributed by atoms with Gasteiger partial charge in [-0.05, 0) is 44.5 Å². The maximum absolute atomic E-state index is 12.3. The fourth-order valence-corrected chi connectivity index (χ4v) is 3.44. The zero-order valence-electron chi connectivity index (χ0n) is 13.5. The van der Waals surface area contributed by atoms with E-state index in [4.69, 9.17) is 0 Å². The van der Waals surface area contributed by atoms with Crippen molar-refractivity contribution in [2.24, 2.45) is 11.8 Å². The Balaban J connectivity index is 1.46. The lowest BCUT2D eigenvalue weighted by atomic mass is 9.97. The Bertz CT molecular complexity index is 540. The van der Waals surface area contributed by atoms with Crippen LogP contribution in [-0.4, -0.2) is 42.9 Å². The van der Waals surface area contributed by atoms with Crippen LogP contribution in [0.25, 0.3) is 0 Å². The number of piperidine rings is 1. The molecule has 124 valence electrons. The Morgan fingerprint density at radius 3 is 2.48 bits per heavy atom. The van der Waals surface area contributed by atoms with Crippen LogP contribution in [0.4, 0.5) is 0 Å². The van der Waals surface area contributed by atoms with Gasteiger partial charge in [0.25, 0.3) is 0 Å². The van der Waals surface area contributed by atoms with Crippen LogP contribution < -0.4 is 10.6 Å². The molecular weight excluding hydrogens is 290 g/mol. The zero-order valence-corrected chi connectivity index (χ0v) is 13.5. The van der Waals surface area contributed by atoms with Crippen LogP contribution in [0.5, 0.6) is 0 Å². The average molecular weight is 315 g/mol. The largest absolute Gasteiger partial charge is 0.317 e. The second kappa shape index (κ2) is 7.70. The topological polar surface area (TPSA) is 61.4 Å². The summed E-state index contributed by atoms with van der Waals surface area (Å²) in [6, 6.07) is 10.3. The van der Waals surface area contributed by atoms with E-state index < -0.39 is 0 Å². The van der Waals surface area contributed by atoms with E-state index in [1.54, 1.807) is 0 Å². The van der Waals surface area contributed by atoms with Gasteiger partial charge in [-0.2, -0.15) is 0 Å². The van der Waals surface area contributed by atoms with Gasteiger partial charge >= 0.3 is 0 Å². The molecule has 0 aromatic heterocycles. The molecule has 2 N–H and O–H groups in total. The standard InChI is InChI=1S/C18H25N3O2/c22-17(15-6-9-19-10-7-15)20-18(23)16-8-11-21(13-16)12-14-4-2-1-3-5-14/h1-5,15-16,19H,6-13H2,(H,20,22,23). The number of imide groups is 1. The first kappa shape index (κ1) is 16.1. The molecule has 1 atom stereocenters. The third kappa shape index (κ3) is 4.39. The van der Waals surface area contributed by atoms with Gasteiger partial charge in [0.2, 0.25) is 11.8 Å². The van der Waals surface area contributed by atoms with Crippen molar-refractivity contribution in [2.75, 3.05) is 26.2 Å². The molecule has 0 radical (unpaired) electrons. The molecule has 2 aliphatic heterocycles. The first-order valence-electron chi connectivity index (χ1n) is 8.54. The normalized spacial score (nSPS) is 22.9. The van der Waals surface area contributed by atoms with Crippen molar-refractivity contribution >= 4 is 11.8 Å². The molecule has 2 fully saturated rings. The predicted octanol–water partition coefficient (Wildman–Crippen LogP) is 1.15. The van der Waals surface area contributed by atoms with E-state index in [1.165, 1.54) is 5.56 Å². The molecule has 5 nitrogen and oxygen atoms in total. The van der Waals surface area contributed by atoms with E-state index in [-0.39, 0.29) is 23.7 Å². The first-order valence-corrected chi connectivity index (χ1v) is 8.54. The molecule has 0 aliphatic carbocycles. The lowest BCUT2D eigenvalue weighted by Crippen LogP contribution is -2.43. The molecule has 1 aromatic rings. The molecule has 3 rings (SSSR count). The molecular formula is C18H25N3O2. The number of benzene rings is 1. The number of amides is 2. The van der Waals surface area contributed by atoms with Gasteiger partial charge in [-0.3, -0.25) is 19.8 Å². The molecule has 23 heavy (non-hydrogen) atoms. The van der Waals surface area contributed by atoms with E-state index in [0.29, 0.717) is 0 Å². The molecule has 0 bridgehead atoms. The SMILES string of the molecule is O=C(NC(=O)C1CCN(Cc2ccccc2)C1)C1CCNCC1. The second-order valence-corrected chi connectivity index (χ2v) is 6.58. The van der Waals surface area contributed by atoms with Gasteiger partial charge in [0.15, 0.2) is 0 Å². The van der Waals surface area contributed by atoms with E-state index in [0.717, 1.165) is 52.0 Å². The van der Waals surface area contributed by atoms with Crippen LogP contribution >= 0.6 is 0 Å². The molecule has 0 spiro atoms. The summed E-state index contributed by atoms with van der Waals surface area (Å²) >= 11 is 0. The van der Waals surface area contributed by atoms with Gasteiger partial charge in [-0.15, -0.1) is 0 Å². The summed E-state index contributed by atoms with van der Waals surface area (Å²) in [5, 5.41) is 5.88. The van der Waals surface area contributed by atoms with Gasteiger partial charge in [0.05, 0.1) is 5.92 Å². The van der Waals surface area contributed by atoms with Gasteiger partial charge < -0.3 is 5.32 Å². The Kier molecular flexibility index (Phi) is 5.41. The molecule has 2 aliphatic rings. The average Bonchev–Trinajstić information content (AvgIpc) is 3.05. The maximum Gasteiger partial charge on any atom is 0.231 e. The molecule has 5 heteroatoms. The summed E-state index contributed by atoms with van der Waals surface area (Å²) in [6.45, 7) is 4.24. The van der Waals surface area contributed by atoms with Crippen molar-refractivity contribution in [3.05, 3.63) is 35.9 Å². The van der Waals surface area contributed by atoms with E-state index in [9.17, 15) is 9.59 Å². The fourth-order valence-electron chi connectivity index (χ4n) is 3.44. The summed E-state index contributed by atoms with van der Waals surface area (Å²) in [5.41, 5.74) is 1.26. The predicted molar refractivity (Wildman–Crippen MR) is 88.6 cm³/mol. The van der Waals surface area contributed by atoms with Crippen LogP contribution in [0.3, 0.4) is 0 Å². The minimum absolute atomic E-state index is 0.0120. The summed E-state index contributed by atoms with van der Waals surface area (Å²) in [7, 11) is 0. The zero-order chi connectivity index (χ0) is 16.1. The number of hydrogen-bond acceptors (Lipinski definition) is 4. The van der Waals surface area contributed by atoms with E-state index in [1.807, 2.05) is 18.2 Å². The highest BCUT2D eigenvalue weighted by Crippen LogP contribution is 2.19. The quantitative estimate of drug-likeness (QED) is 0.818. The van der Waals surface area contributed by atoms with Crippen molar-refractivity contribution in [2.45, 2.75) is 25.8 Å². The van der Waals surface area contributed by atoms with Crippen molar-refractivity contribution in [1.82, 2.24) is 15.5 Å². The molecule has 2 saturated heterocycles. The minimum Gasteiger partial charge on any atom is -0.317 e. The first-order chi connectivity index (χ1) is 11.2. The Morgan fingerprint density at radius 1 is 1.04 bits per heavy atom. The number of nitrogens with zero attached hydrogens (tertiary/aromatic N) is 1.